The van der Waals surface area contributed by atoms with E-state index in [2.05, 4.69) is 86.3 Å². The van der Waals surface area contributed by atoms with Gasteiger partial charge < -0.3 is 13.4 Å². The fraction of sp³-hybridized carbons (Fsp3) is 1.00. The summed E-state index contributed by atoms with van der Waals surface area (Å²) in [6.45, 7) is 33.9. The van der Waals surface area contributed by atoms with E-state index in [0.29, 0.717) is 12.5 Å². The predicted octanol–water partition coefficient (Wildman–Crippen LogP) is 6.87. The van der Waals surface area contributed by atoms with Crippen LogP contribution in [0, 0.1) is 5.92 Å². The first-order valence-electron chi connectivity index (χ1n) is 11.5. The van der Waals surface area contributed by atoms with Crippen LogP contribution in [0.3, 0.4) is 0 Å². The standard InChI is InChI=1S/C23H53NO3SSi2/c1-18(2)20(24-28(25)21(3,4)5)16-19(27-30(14,15)23(9,10)11)17-26-29(12,13)22(6,7)8/h18-20,24H,16-17H2,1-15H3/t19?,20?,28-/m1/s1. The molecule has 0 aromatic carbocycles. The van der Waals surface area contributed by atoms with Gasteiger partial charge in [0, 0.05) is 11.4 Å². The molecule has 182 valence electrons. The minimum absolute atomic E-state index is 0.00288. The third-order valence-corrected chi connectivity index (χ3v) is 17.5. The number of hydrogen-bond donors (Lipinski definition) is 1. The summed E-state index contributed by atoms with van der Waals surface area (Å²) in [6.07, 6.45) is 0.803. The Bertz CT molecular complexity index is 520. The van der Waals surface area contributed by atoms with Crippen molar-refractivity contribution in [2.45, 2.75) is 136 Å². The highest BCUT2D eigenvalue weighted by atomic mass is 32.2. The second-order valence-corrected chi connectivity index (χ2v) is 24.7. The molecule has 0 bridgehead atoms. The van der Waals surface area contributed by atoms with Crippen molar-refractivity contribution in [2.24, 2.45) is 5.92 Å². The highest BCUT2D eigenvalue weighted by Crippen LogP contribution is 2.39. The van der Waals surface area contributed by atoms with Crippen molar-refractivity contribution in [3.05, 3.63) is 0 Å². The van der Waals surface area contributed by atoms with E-state index < -0.39 is 28.0 Å². The van der Waals surface area contributed by atoms with Crippen LogP contribution in [0.4, 0.5) is 0 Å². The summed E-state index contributed by atoms with van der Waals surface area (Å²) in [4.78, 5) is 0. The van der Waals surface area contributed by atoms with Gasteiger partial charge in [0.15, 0.2) is 16.6 Å². The fourth-order valence-corrected chi connectivity index (χ4v) is 5.70. The Hall–Kier alpha value is 0.624. The summed E-state index contributed by atoms with van der Waals surface area (Å²) in [5.74, 6) is 0.356. The maximum atomic E-state index is 12.8. The molecule has 0 rings (SSSR count). The van der Waals surface area contributed by atoms with Crippen molar-refractivity contribution in [3.63, 3.8) is 0 Å². The Labute approximate surface area is 194 Å². The molecule has 0 aliphatic rings. The third-order valence-electron chi connectivity index (χ3n) is 6.84. The number of rotatable bonds is 10. The van der Waals surface area contributed by atoms with Crippen molar-refractivity contribution in [2.75, 3.05) is 6.61 Å². The van der Waals surface area contributed by atoms with Crippen molar-refractivity contribution < 1.29 is 13.4 Å². The van der Waals surface area contributed by atoms with E-state index in [1.54, 1.807) is 0 Å². The molecule has 0 aromatic heterocycles. The molecule has 0 aliphatic carbocycles. The minimum atomic E-state index is -1.96. The lowest BCUT2D eigenvalue weighted by atomic mass is 9.99. The van der Waals surface area contributed by atoms with Crippen LogP contribution in [0.2, 0.25) is 36.3 Å². The van der Waals surface area contributed by atoms with E-state index in [1.165, 1.54) is 0 Å². The Morgan fingerprint density at radius 2 is 1.27 bits per heavy atom. The average molecular weight is 480 g/mol. The predicted molar refractivity (Wildman–Crippen MR) is 139 cm³/mol. The van der Waals surface area contributed by atoms with Crippen LogP contribution < -0.4 is 4.72 Å². The van der Waals surface area contributed by atoms with E-state index in [-0.39, 0.29) is 27.0 Å². The first-order valence-corrected chi connectivity index (χ1v) is 18.5. The van der Waals surface area contributed by atoms with Gasteiger partial charge in [0.25, 0.3) is 0 Å². The first-order chi connectivity index (χ1) is 13.0. The topological polar surface area (TPSA) is 53.5 Å². The number of hydrogen-bond acceptors (Lipinski definition) is 4. The number of nitrogens with one attached hydrogen (secondary N) is 1. The van der Waals surface area contributed by atoms with E-state index in [9.17, 15) is 4.55 Å². The van der Waals surface area contributed by atoms with Crippen LogP contribution >= 0.6 is 0 Å². The molecule has 0 saturated carbocycles. The van der Waals surface area contributed by atoms with Crippen LogP contribution in [0.5, 0.6) is 0 Å². The zero-order valence-electron chi connectivity index (χ0n) is 22.8. The summed E-state index contributed by atoms with van der Waals surface area (Å²) >= 11 is -1.11. The van der Waals surface area contributed by atoms with Crippen molar-refractivity contribution in [3.8, 4) is 0 Å². The minimum Gasteiger partial charge on any atom is -0.598 e. The summed E-state index contributed by atoms with van der Waals surface area (Å²) in [5.41, 5.74) is 0. The molecule has 3 atom stereocenters. The maximum Gasteiger partial charge on any atom is 0.192 e. The Morgan fingerprint density at radius 3 is 1.60 bits per heavy atom. The lowest BCUT2D eigenvalue weighted by molar-refractivity contribution is 0.0887. The highest BCUT2D eigenvalue weighted by Gasteiger charge is 2.42. The molecule has 2 unspecified atom stereocenters. The van der Waals surface area contributed by atoms with Gasteiger partial charge in [0.1, 0.15) is 4.75 Å². The lowest BCUT2D eigenvalue weighted by Gasteiger charge is -2.42. The van der Waals surface area contributed by atoms with Gasteiger partial charge in [-0.25, -0.2) is 0 Å². The molecule has 0 fully saturated rings. The van der Waals surface area contributed by atoms with Gasteiger partial charge in [-0.05, 0) is 69.4 Å². The van der Waals surface area contributed by atoms with Gasteiger partial charge in [-0.2, -0.15) is 0 Å². The molecule has 0 heterocycles. The summed E-state index contributed by atoms with van der Waals surface area (Å²) in [6, 6.07) is 0.114. The van der Waals surface area contributed by atoms with E-state index >= 15 is 0 Å². The van der Waals surface area contributed by atoms with Crippen molar-refractivity contribution in [1.29, 1.82) is 0 Å². The molecule has 1 N–H and O–H groups in total. The quantitative estimate of drug-likeness (QED) is 0.274. The summed E-state index contributed by atoms with van der Waals surface area (Å²) in [5, 5.41) is 0.301. The fourth-order valence-electron chi connectivity index (χ4n) is 2.32. The molecule has 7 heteroatoms. The Morgan fingerprint density at radius 1 is 0.833 bits per heavy atom. The van der Waals surface area contributed by atoms with Crippen LogP contribution in [-0.2, 0) is 20.2 Å². The van der Waals surface area contributed by atoms with Gasteiger partial charge >= 0.3 is 0 Å². The first kappa shape index (κ1) is 30.6. The largest absolute Gasteiger partial charge is 0.598 e. The van der Waals surface area contributed by atoms with E-state index in [4.69, 9.17) is 8.85 Å². The summed E-state index contributed by atoms with van der Waals surface area (Å²) < 4.78 is 29.4. The highest BCUT2D eigenvalue weighted by molar-refractivity contribution is 7.90. The molecule has 0 amide bonds. The van der Waals surface area contributed by atoms with Gasteiger partial charge in [0.2, 0.25) is 0 Å². The maximum absolute atomic E-state index is 12.8. The second-order valence-electron chi connectivity index (χ2n) is 13.2. The van der Waals surface area contributed by atoms with Gasteiger partial charge in [-0.1, -0.05) is 55.4 Å². The molecular formula is C23H53NO3SSi2. The summed E-state index contributed by atoms with van der Waals surface area (Å²) in [7, 11) is -3.83. The smallest absolute Gasteiger partial charge is 0.192 e. The molecule has 0 radical (unpaired) electrons. The van der Waals surface area contributed by atoms with Crippen LogP contribution in [0.15, 0.2) is 0 Å². The molecule has 0 spiro atoms. The molecular weight excluding hydrogens is 426 g/mol. The lowest BCUT2D eigenvalue weighted by Crippen LogP contribution is -2.52. The Balaban J connectivity index is 5.63. The van der Waals surface area contributed by atoms with Crippen LogP contribution in [-0.4, -0.2) is 44.7 Å². The zero-order valence-corrected chi connectivity index (χ0v) is 25.6. The SMILES string of the molecule is CC(C)C(CC(CO[Si](C)(C)C(C)(C)C)O[Si](C)(C)C(C)(C)C)N[S@+]([O-])C(C)(C)C. The normalized spacial score (nSPS) is 17.9. The second kappa shape index (κ2) is 10.7. The van der Waals surface area contributed by atoms with E-state index in [1.807, 2.05) is 20.8 Å². The monoisotopic (exact) mass is 479 g/mol. The van der Waals surface area contributed by atoms with Gasteiger partial charge in [-0.3, -0.25) is 0 Å². The van der Waals surface area contributed by atoms with E-state index in [0.717, 1.165) is 6.42 Å². The van der Waals surface area contributed by atoms with Crippen LogP contribution in [0.1, 0.15) is 82.6 Å². The van der Waals surface area contributed by atoms with Crippen molar-refractivity contribution in [1.82, 2.24) is 4.72 Å². The molecule has 0 aliphatic heterocycles. The van der Waals surface area contributed by atoms with Crippen molar-refractivity contribution >= 4 is 28.0 Å². The molecule has 0 aromatic rings. The molecule has 0 saturated heterocycles. The third kappa shape index (κ3) is 9.63. The average Bonchev–Trinajstić information content (AvgIpc) is 2.48. The zero-order chi connectivity index (χ0) is 24.3. The Kier molecular flexibility index (Phi) is 10.9. The van der Waals surface area contributed by atoms with Crippen LogP contribution in [0.25, 0.3) is 0 Å². The molecule has 4 nitrogen and oxygen atoms in total. The van der Waals surface area contributed by atoms with Gasteiger partial charge in [-0.15, -0.1) is 4.72 Å². The van der Waals surface area contributed by atoms with Gasteiger partial charge in [0.05, 0.1) is 18.8 Å². The molecule has 30 heavy (non-hydrogen) atoms.